The number of imide groups is 1. The molecule has 0 radical (unpaired) electrons. The number of aryl methyl sites for hydroxylation is 1. The fourth-order valence-corrected chi connectivity index (χ4v) is 3.79. The summed E-state index contributed by atoms with van der Waals surface area (Å²) >= 11 is 0. The van der Waals surface area contributed by atoms with E-state index in [4.69, 9.17) is 9.26 Å². The summed E-state index contributed by atoms with van der Waals surface area (Å²) in [6.45, 7) is 2.25. The lowest BCUT2D eigenvalue weighted by Gasteiger charge is -2.33. The topological polar surface area (TPSA) is 97.6 Å². The molecule has 29 heavy (non-hydrogen) atoms. The molecule has 5 rings (SSSR count). The lowest BCUT2D eigenvalue weighted by atomic mass is 9.84. The first-order chi connectivity index (χ1) is 14.1. The van der Waals surface area contributed by atoms with Crippen molar-refractivity contribution >= 4 is 11.9 Å². The number of carbonyl (C=O) groups excluding carboxylic acids is 2. The largest absolute Gasteiger partial charge is 0.493 e. The fraction of sp³-hybridized carbons (Fsp3) is 0.238. The molecule has 0 bridgehead atoms. The summed E-state index contributed by atoms with van der Waals surface area (Å²) in [6.07, 6.45) is 0.365. The van der Waals surface area contributed by atoms with E-state index in [0.29, 0.717) is 30.2 Å². The van der Waals surface area contributed by atoms with Gasteiger partial charge in [0.05, 0.1) is 6.61 Å². The van der Waals surface area contributed by atoms with Gasteiger partial charge in [-0.05, 0) is 13.0 Å². The van der Waals surface area contributed by atoms with Crippen LogP contribution in [0, 0.1) is 6.92 Å². The lowest BCUT2D eigenvalue weighted by molar-refractivity contribution is -0.133. The molecule has 1 saturated heterocycles. The first kappa shape index (κ1) is 17.4. The molecule has 146 valence electrons. The molecule has 3 heterocycles. The Hall–Kier alpha value is -3.68. The summed E-state index contributed by atoms with van der Waals surface area (Å²) in [6, 6.07) is 14.5. The van der Waals surface area contributed by atoms with Gasteiger partial charge in [-0.1, -0.05) is 53.2 Å². The zero-order valence-electron chi connectivity index (χ0n) is 15.7. The van der Waals surface area contributed by atoms with Crippen molar-refractivity contribution in [2.45, 2.75) is 25.4 Å². The van der Waals surface area contributed by atoms with Crippen LogP contribution in [0.25, 0.3) is 11.4 Å². The summed E-state index contributed by atoms with van der Waals surface area (Å²) in [7, 11) is 0. The second-order valence-electron chi connectivity index (χ2n) is 7.20. The van der Waals surface area contributed by atoms with Crippen molar-refractivity contribution in [2.75, 3.05) is 6.61 Å². The molecular weight excluding hydrogens is 372 g/mol. The number of hydrogen-bond donors (Lipinski definition) is 1. The Balaban J connectivity index is 1.42. The summed E-state index contributed by atoms with van der Waals surface area (Å²) in [4.78, 5) is 31.4. The number of aromatic nitrogens is 2. The van der Waals surface area contributed by atoms with Crippen LogP contribution in [0.5, 0.6) is 5.75 Å². The molecule has 1 fully saturated rings. The van der Waals surface area contributed by atoms with Crippen molar-refractivity contribution < 1.29 is 18.8 Å². The van der Waals surface area contributed by atoms with Crippen molar-refractivity contribution in [1.29, 1.82) is 0 Å². The highest BCUT2D eigenvalue weighted by molar-refractivity contribution is 6.07. The van der Waals surface area contributed by atoms with Gasteiger partial charge in [-0.25, -0.2) is 4.79 Å². The van der Waals surface area contributed by atoms with E-state index in [1.807, 2.05) is 43.3 Å². The second-order valence-corrected chi connectivity index (χ2v) is 7.20. The molecule has 1 unspecified atom stereocenters. The first-order valence-corrected chi connectivity index (χ1v) is 9.33. The predicted octanol–water partition coefficient (Wildman–Crippen LogP) is 2.77. The SMILES string of the molecule is Cc1ccc(-c2noc(CN3C(=O)NC4(CCOc5ccccc54)C3=O)n2)cc1. The molecule has 1 atom stereocenters. The molecule has 8 heteroatoms. The number of benzene rings is 2. The minimum Gasteiger partial charge on any atom is -0.493 e. The monoisotopic (exact) mass is 390 g/mol. The third-order valence-electron chi connectivity index (χ3n) is 5.33. The minimum absolute atomic E-state index is 0.0890. The van der Waals surface area contributed by atoms with Crippen molar-refractivity contribution in [3.63, 3.8) is 0 Å². The summed E-state index contributed by atoms with van der Waals surface area (Å²) in [5.41, 5.74) is 1.47. The van der Waals surface area contributed by atoms with Gasteiger partial charge in [0.15, 0.2) is 5.54 Å². The highest BCUT2D eigenvalue weighted by atomic mass is 16.5. The van der Waals surface area contributed by atoms with E-state index in [9.17, 15) is 9.59 Å². The number of fused-ring (bicyclic) bond motifs is 2. The Labute approximate surface area is 166 Å². The molecule has 1 aromatic heterocycles. The van der Waals surface area contributed by atoms with E-state index < -0.39 is 11.6 Å². The van der Waals surface area contributed by atoms with Crippen LogP contribution in [0.4, 0.5) is 4.79 Å². The van der Waals surface area contributed by atoms with Crippen molar-refractivity contribution in [3.05, 3.63) is 65.5 Å². The number of amides is 3. The Morgan fingerprint density at radius 3 is 2.76 bits per heavy atom. The normalized spacial score (nSPS) is 20.5. The number of para-hydroxylation sites is 1. The molecule has 0 aliphatic carbocycles. The molecular formula is C21H18N4O4. The Morgan fingerprint density at radius 2 is 1.93 bits per heavy atom. The highest BCUT2D eigenvalue weighted by Crippen LogP contribution is 2.41. The average Bonchev–Trinajstić information content (AvgIpc) is 3.29. The zero-order chi connectivity index (χ0) is 20.0. The Kier molecular flexibility index (Phi) is 3.87. The quantitative estimate of drug-likeness (QED) is 0.691. The van der Waals surface area contributed by atoms with E-state index in [0.717, 1.165) is 16.0 Å². The van der Waals surface area contributed by atoms with Gasteiger partial charge in [-0.3, -0.25) is 9.69 Å². The maximum Gasteiger partial charge on any atom is 0.325 e. The molecule has 8 nitrogen and oxygen atoms in total. The molecule has 2 aliphatic heterocycles. The van der Waals surface area contributed by atoms with Crippen LogP contribution in [0.1, 0.15) is 23.4 Å². The molecule has 3 amide bonds. The lowest BCUT2D eigenvalue weighted by Crippen LogP contribution is -2.47. The number of ether oxygens (including phenoxy) is 1. The predicted molar refractivity (Wildman–Crippen MR) is 102 cm³/mol. The highest BCUT2D eigenvalue weighted by Gasteiger charge is 2.55. The van der Waals surface area contributed by atoms with Crippen LogP contribution in [0.15, 0.2) is 53.1 Å². The van der Waals surface area contributed by atoms with Gasteiger partial charge in [0.2, 0.25) is 11.7 Å². The third-order valence-corrected chi connectivity index (χ3v) is 5.33. The van der Waals surface area contributed by atoms with Crippen LogP contribution < -0.4 is 10.1 Å². The van der Waals surface area contributed by atoms with E-state index in [-0.39, 0.29) is 18.3 Å². The third kappa shape index (κ3) is 2.75. The molecule has 1 spiro atoms. The van der Waals surface area contributed by atoms with Crippen LogP contribution in [0.2, 0.25) is 0 Å². The van der Waals surface area contributed by atoms with Crippen LogP contribution in [0.3, 0.4) is 0 Å². The van der Waals surface area contributed by atoms with Gasteiger partial charge >= 0.3 is 6.03 Å². The minimum atomic E-state index is -1.12. The summed E-state index contributed by atoms with van der Waals surface area (Å²) < 4.78 is 10.9. The van der Waals surface area contributed by atoms with Crippen LogP contribution in [-0.2, 0) is 16.9 Å². The van der Waals surface area contributed by atoms with E-state index in [1.165, 1.54) is 0 Å². The fourth-order valence-electron chi connectivity index (χ4n) is 3.79. The number of carbonyl (C=O) groups is 2. The van der Waals surface area contributed by atoms with E-state index >= 15 is 0 Å². The number of nitrogens with one attached hydrogen (secondary N) is 1. The second kappa shape index (κ2) is 6.44. The van der Waals surface area contributed by atoms with Gasteiger partial charge in [0.25, 0.3) is 5.91 Å². The number of hydrogen-bond acceptors (Lipinski definition) is 6. The maximum atomic E-state index is 13.3. The van der Waals surface area contributed by atoms with Gasteiger partial charge in [-0.2, -0.15) is 4.98 Å². The Bertz CT molecular complexity index is 1110. The van der Waals surface area contributed by atoms with E-state index in [2.05, 4.69) is 15.5 Å². The van der Waals surface area contributed by atoms with E-state index in [1.54, 1.807) is 12.1 Å². The first-order valence-electron chi connectivity index (χ1n) is 9.33. The number of urea groups is 1. The summed E-state index contributed by atoms with van der Waals surface area (Å²) in [5.74, 6) is 0.877. The van der Waals surface area contributed by atoms with Gasteiger partial charge in [0, 0.05) is 17.5 Å². The molecule has 2 aliphatic rings. The van der Waals surface area contributed by atoms with Crippen molar-refractivity contribution in [3.8, 4) is 17.1 Å². The molecule has 3 aromatic rings. The number of rotatable bonds is 3. The Morgan fingerprint density at radius 1 is 1.14 bits per heavy atom. The number of nitrogens with zero attached hydrogens (tertiary/aromatic N) is 3. The maximum absolute atomic E-state index is 13.3. The molecule has 2 aromatic carbocycles. The van der Waals surface area contributed by atoms with Crippen LogP contribution in [-0.4, -0.2) is 33.6 Å². The van der Waals surface area contributed by atoms with Crippen molar-refractivity contribution in [1.82, 2.24) is 20.4 Å². The zero-order valence-corrected chi connectivity index (χ0v) is 15.7. The molecule has 0 saturated carbocycles. The van der Waals surface area contributed by atoms with Crippen LogP contribution >= 0.6 is 0 Å². The average molecular weight is 390 g/mol. The van der Waals surface area contributed by atoms with Gasteiger partial charge < -0.3 is 14.6 Å². The van der Waals surface area contributed by atoms with Crippen molar-refractivity contribution in [2.24, 2.45) is 0 Å². The smallest absolute Gasteiger partial charge is 0.325 e. The van der Waals surface area contributed by atoms with Gasteiger partial charge in [-0.15, -0.1) is 0 Å². The standard InChI is InChI=1S/C21H18N4O4/c1-13-6-8-14(9-7-13)18-22-17(29-24-18)12-25-19(26)21(23-20(25)27)10-11-28-16-5-3-2-4-15(16)21/h2-9H,10-12H2,1H3,(H,23,27). The van der Waals surface area contributed by atoms with Gasteiger partial charge in [0.1, 0.15) is 12.3 Å². The molecule has 1 N–H and O–H groups in total. The summed E-state index contributed by atoms with van der Waals surface area (Å²) in [5, 5.41) is 6.83.